The molecule has 0 aromatic heterocycles. The lowest BCUT2D eigenvalue weighted by molar-refractivity contribution is 0.0730. The van der Waals surface area contributed by atoms with Crippen molar-refractivity contribution in [2.24, 2.45) is 0 Å². The first-order valence-electron chi connectivity index (χ1n) is 6.21. The quantitative estimate of drug-likeness (QED) is 0.836. The lowest BCUT2D eigenvalue weighted by Gasteiger charge is -2.20. The molecule has 0 spiro atoms. The Balaban J connectivity index is 1.99. The highest BCUT2D eigenvalue weighted by Crippen LogP contribution is 2.54. The van der Waals surface area contributed by atoms with Gasteiger partial charge in [0.05, 0.1) is 6.10 Å². The van der Waals surface area contributed by atoms with Crippen LogP contribution in [0.15, 0.2) is 60.7 Å². The molecule has 1 N–H and O–H groups in total. The van der Waals surface area contributed by atoms with Crippen molar-refractivity contribution in [2.75, 3.05) is 0 Å². The maximum Gasteiger partial charge on any atom is 0.149 e. The van der Waals surface area contributed by atoms with E-state index in [0.29, 0.717) is 0 Å². The summed E-state index contributed by atoms with van der Waals surface area (Å²) in [7, 11) is 0. The molecule has 18 heavy (non-hydrogen) atoms. The predicted molar refractivity (Wildman–Crippen MR) is 70.1 cm³/mol. The number of epoxide rings is 1. The number of aliphatic hydroxyl groups is 1. The third-order valence-corrected chi connectivity index (χ3v) is 3.66. The van der Waals surface area contributed by atoms with E-state index in [2.05, 4.69) is 0 Å². The molecule has 0 amide bonds. The molecule has 0 saturated carbocycles. The number of benzene rings is 2. The van der Waals surface area contributed by atoms with Crippen LogP contribution in [0.3, 0.4) is 0 Å². The number of ether oxygens (including phenoxy) is 1. The van der Waals surface area contributed by atoms with E-state index in [1.165, 1.54) is 0 Å². The van der Waals surface area contributed by atoms with E-state index in [-0.39, 0.29) is 6.10 Å². The van der Waals surface area contributed by atoms with Gasteiger partial charge in [-0.2, -0.15) is 0 Å². The van der Waals surface area contributed by atoms with Gasteiger partial charge in [-0.05, 0) is 18.1 Å². The molecule has 92 valence electrons. The average Bonchev–Trinajstić information content (AvgIpc) is 3.13. The van der Waals surface area contributed by atoms with Gasteiger partial charge < -0.3 is 9.84 Å². The summed E-state index contributed by atoms with van der Waals surface area (Å²) in [6, 6.07) is 19.6. The van der Waals surface area contributed by atoms with Crippen LogP contribution in [0.2, 0.25) is 0 Å². The summed E-state index contributed by atoms with van der Waals surface area (Å²) in [6.07, 6.45) is -0.591. The molecule has 1 aliphatic heterocycles. The van der Waals surface area contributed by atoms with Crippen LogP contribution in [0.1, 0.15) is 24.2 Å². The normalized spacial score (nSPS) is 27.8. The summed E-state index contributed by atoms with van der Waals surface area (Å²) < 4.78 is 5.76. The van der Waals surface area contributed by atoms with Gasteiger partial charge in [0.15, 0.2) is 0 Å². The van der Waals surface area contributed by atoms with Crippen LogP contribution in [0.5, 0.6) is 0 Å². The number of hydrogen-bond acceptors (Lipinski definition) is 2. The van der Waals surface area contributed by atoms with Crippen molar-refractivity contribution in [1.82, 2.24) is 0 Å². The first-order valence-corrected chi connectivity index (χ1v) is 6.21. The molecular formula is C16H16O2. The second kappa shape index (κ2) is 4.23. The van der Waals surface area contributed by atoms with Crippen molar-refractivity contribution >= 4 is 0 Å². The fourth-order valence-electron chi connectivity index (χ4n) is 2.59. The van der Waals surface area contributed by atoms with Crippen LogP contribution in [0, 0.1) is 0 Å². The van der Waals surface area contributed by atoms with Gasteiger partial charge in [0.2, 0.25) is 0 Å². The van der Waals surface area contributed by atoms with Gasteiger partial charge in [-0.25, -0.2) is 0 Å². The zero-order valence-electron chi connectivity index (χ0n) is 10.3. The Kier molecular flexibility index (Phi) is 2.69. The molecule has 1 saturated heterocycles. The van der Waals surface area contributed by atoms with E-state index >= 15 is 0 Å². The van der Waals surface area contributed by atoms with Crippen LogP contribution in [-0.2, 0) is 10.3 Å². The highest BCUT2D eigenvalue weighted by atomic mass is 16.6. The average molecular weight is 240 g/mol. The van der Waals surface area contributed by atoms with Gasteiger partial charge in [0.25, 0.3) is 0 Å². The molecule has 0 unspecified atom stereocenters. The van der Waals surface area contributed by atoms with E-state index in [0.717, 1.165) is 11.1 Å². The highest BCUT2D eigenvalue weighted by Gasteiger charge is 2.60. The lowest BCUT2D eigenvalue weighted by atomic mass is 9.86. The van der Waals surface area contributed by atoms with Crippen LogP contribution < -0.4 is 0 Å². The zero-order chi connectivity index (χ0) is 12.6. The van der Waals surface area contributed by atoms with E-state index in [1.807, 2.05) is 67.6 Å². The van der Waals surface area contributed by atoms with E-state index in [1.54, 1.807) is 0 Å². The van der Waals surface area contributed by atoms with Crippen LogP contribution in [0.4, 0.5) is 0 Å². The number of hydrogen-bond donors (Lipinski definition) is 1. The number of rotatable bonds is 3. The minimum absolute atomic E-state index is 0.0371. The summed E-state index contributed by atoms with van der Waals surface area (Å²) in [5.41, 5.74) is 1.35. The third kappa shape index (κ3) is 1.65. The minimum atomic E-state index is -0.629. The first kappa shape index (κ1) is 11.5. The molecular weight excluding hydrogens is 224 g/mol. The fraction of sp³-hybridized carbons (Fsp3) is 0.250. The van der Waals surface area contributed by atoms with Gasteiger partial charge in [0.1, 0.15) is 11.7 Å². The van der Waals surface area contributed by atoms with Gasteiger partial charge >= 0.3 is 0 Å². The van der Waals surface area contributed by atoms with E-state index < -0.39 is 11.7 Å². The molecule has 2 aromatic rings. The highest BCUT2D eigenvalue weighted by molar-refractivity contribution is 5.35. The first-order chi connectivity index (χ1) is 8.75. The Morgan fingerprint density at radius 2 is 1.50 bits per heavy atom. The molecule has 1 fully saturated rings. The van der Waals surface area contributed by atoms with Gasteiger partial charge in [0, 0.05) is 0 Å². The van der Waals surface area contributed by atoms with Gasteiger partial charge in [-0.3, -0.25) is 0 Å². The van der Waals surface area contributed by atoms with Crippen molar-refractivity contribution in [2.45, 2.75) is 24.7 Å². The Hall–Kier alpha value is -1.64. The minimum Gasteiger partial charge on any atom is -0.385 e. The molecule has 2 nitrogen and oxygen atoms in total. The number of aliphatic hydroxyl groups excluding tert-OH is 1. The summed E-state index contributed by atoms with van der Waals surface area (Å²) in [6.45, 7) is 2.00. The zero-order valence-corrected chi connectivity index (χ0v) is 10.3. The van der Waals surface area contributed by atoms with Crippen molar-refractivity contribution < 1.29 is 9.84 Å². The Labute approximate surface area is 107 Å². The fourth-order valence-corrected chi connectivity index (χ4v) is 2.59. The molecule has 2 heteroatoms. The van der Waals surface area contributed by atoms with Gasteiger partial charge in [-0.1, -0.05) is 60.7 Å². The summed E-state index contributed by atoms with van der Waals surface area (Å²) in [4.78, 5) is 0. The predicted octanol–water partition coefficient (Wildman–Crippen LogP) is 3.03. The Bertz CT molecular complexity index is 523. The molecule has 3 atom stereocenters. The Morgan fingerprint density at radius 3 is 2.00 bits per heavy atom. The third-order valence-electron chi connectivity index (χ3n) is 3.66. The van der Waals surface area contributed by atoms with Crippen LogP contribution in [0.25, 0.3) is 0 Å². The second-order valence-electron chi connectivity index (χ2n) is 4.73. The monoisotopic (exact) mass is 240 g/mol. The molecule has 0 aliphatic carbocycles. The summed E-state index contributed by atoms with van der Waals surface area (Å²) >= 11 is 0. The van der Waals surface area contributed by atoms with Crippen molar-refractivity contribution in [3.8, 4) is 0 Å². The molecule has 1 aliphatic rings. The molecule has 1 heterocycles. The Morgan fingerprint density at radius 1 is 1.00 bits per heavy atom. The van der Waals surface area contributed by atoms with Crippen molar-refractivity contribution in [3.05, 3.63) is 71.8 Å². The smallest absolute Gasteiger partial charge is 0.149 e. The SMILES string of the molecule is C[C@H]1O[C@]1(c1ccccc1)[C@@H](O)c1ccccc1. The van der Waals surface area contributed by atoms with Gasteiger partial charge in [-0.15, -0.1) is 0 Å². The maximum absolute atomic E-state index is 10.6. The topological polar surface area (TPSA) is 32.8 Å². The van der Waals surface area contributed by atoms with Crippen molar-refractivity contribution in [1.29, 1.82) is 0 Å². The lowest BCUT2D eigenvalue weighted by Crippen LogP contribution is -2.22. The molecule has 3 rings (SSSR count). The van der Waals surface area contributed by atoms with Crippen LogP contribution >= 0.6 is 0 Å². The van der Waals surface area contributed by atoms with E-state index in [4.69, 9.17) is 4.74 Å². The van der Waals surface area contributed by atoms with Crippen LogP contribution in [-0.4, -0.2) is 11.2 Å². The summed E-state index contributed by atoms with van der Waals surface area (Å²) in [5.74, 6) is 0. The van der Waals surface area contributed by atoms with E-state index in [9.17, 15) is 5.11 Å². The standard InChI is InChI=1S/C16H16O2/c1-12-16(18-12,14-10-6-3-7-11-14)15(17)13-8-4-2-5-9-13/h2-12,15,17H,1H3/t12-,15+,16-/m1/s1. The maximum atomic E-state index is 10.6. The second-order valence-corrected chi connectivity index (χ2v) is 4.73. The largest absolute Gasteiger partial charge is 0.385 e. The molecule has 0 bridgehead atoms. The molecule has 2 aromatic carbocycles. The van der Waals surface area contributed by atoms with Crippen molar-refractivity contribution in [3.63, 3.8) is 0 Å². The molecule has 0 radical (unpaired) electrons. The summed E-state index contributed by atoms with van der Waals surface area (Å²) in [5, 5.41) is 10.6.